The predicted molar refractivity (Wildman–Crippen MR) is 88.7 cm³/mol. The smallest absolute Gasteiger partial charge is 0.330 e. The van der Waals surface area contributed by atoms with Crippen LogP contribution in [0.4, 0.5) is 0 Å². The maximum absolute atomic E-state index is 10.9. The number of rotatable bonds is 8. The van der Waals surface area contributed by atoms with Crippen LogP contribution in [0.1, 0.15) is 70.6 Å². The molecule has 0 aliphatic heterocycles. The summed E-state index contributed by atoms with van der Waals surface area (Å²) in [5.41, 5.74) is 0. The maximum atomic E-state index is 10.9. The molecule has 0 saturated heterocycles. The molecule has 0 bridgehead atoms. The summed E-state index contributed by atoms with van der Waals surface area (Å²) in [6.07, 6.45) is 16.0. The van der Waals surface area contributed by atoms with E-state index in [2.05, 4.69) is 6.58 Å². The van der Waals surface area contributed by atoms with E-state index >= 15 is 0 Å². The van der Waals surface area contributed by atoms with E-state index in [9.17, 15) is 4.79 Å². The highest BCUT2D eigenvalue weighted by molar-refractivity contribution is 5.81. The first kappa shape index (κ1) is 17.5. The molecule has 0 radical (unpaired) electrons. The Bertz CT molecular complexity index is 326. The second-order valence-electron chi connectivity index (χ2n) is 6.88. The van der Waals surface area contributed by atoms with Crippen LogP contribution in [0.3, 0.4) is 0 Å². The Morgan fingerprint density at radius 3 is 2.23 bits per heavy atom. The van der Waals surface area contributed by atoms with E-state index in [1.807, 2.05) is 0 Å². The van der Waals surface area contributed by atoms with E-state index in [4.69, 9.17) is 9.47 Å². The van der Waals surface area contributed by atoms with Crippen LogP contribution < -0.4 is 0 Å². The molecule has 0 N–H and O–H groups in total. The van der Waals surface area contributed by atoms with Crippen LogP contribution in [-0.2, 0) is 14.3 Å². The minimum atomic E-state index is -0.332. The largest absolute Gasteiger partial charge is 0.463 e. The van der Waals surface area contributed by atoms with Gasteiger partial charge in [-0.25, -0.2) is 4.79 Å². The molecular weight excluding hydrogens is 276 g/mol. The van der Waals surface area contributed by atoms with Crippen molar-refractivity contribution in [3.8, 4) is 0 Å². The minimum Gasteiger partial charge on any atom is -0.463 e. The summed E-state index contributed by atoms with van der Waals surface area (Å²) >= 11 is 0. The summed E-state index contributed by atoms with van der Waals surface area (Å²) in [6.45, 7) is 4.65. The highest BCUT2D eigenvalue weighted by atomic mass is 16.5. The van der Waals surface area contributed by atoms with Crippen LogP contribution in [0.15, 0.2) is 12.7 Å². The summed E-state index contributed by atoms with van der Waals surface area (Å²) in [6, 6.07) is 0. The SMILES string of the molecule is C=CC(=O)OCCCCOC1CCC(C2CCCCC2)CC1. The molecule has 22 heavy (non-hydrogen) atoms. The number of carbonyl (C=O) groups is 1. The lowest BCUT2D eigenvalue weighted by molar-refractivity contribution is -0.137. The number of unbranched alkanes of at least 4 members (excludes halogenated alkanes) is 1. The van der Waals surface area contributed by atoms with E-state index in [0.29, 0.717) is 12.7 Å². The number of ether oxygens (including phenoxy) is 2. The van der Waals surface area contributed by atoms with Gasteiger partial charge in [-0.3, -0.25) is 0 Å². The van der Waals surface area contributed by atoms with Gasteiger partial charge < -0.3 is 9.47 Å². The van der Waals surface area contributed by atoms with Gasteiger partial charge in [0.15, 0.2) is 0 Å². The third-order valence-electron chi connectivity index (χ3n) is 5.34. The summed E-state index contributed by atoms with van der Waals surface area (Å²) in [7, 11) is 0. The van der Waals surface area contributed by atoms with Crippen LogP contribution in [0.25, 0.3) is 0 Å². The second kappa shape index (κ2) is 10.0. The third kappa shape index (κ3) is 6.12. The van der Waals surface area contributed by atoms with Gasteiger partial charge >= 0.3 is 5.97 Å². The van der Waals surface area contributed by atoms with Gasteiger partial charge in [0.2, 0.25) is 0 Å². The van der Waals surface area contributed by atoms with Crippen molar-refractivity contribution in [1.82, 2.24) is 0 Å². The topological polar surface area (TPSA) is 35.5 Å². The number of hydrogen-bond acceptors (Lipinski definition) is 3. The van der Waals surface area contributed by atoms with Gasteiger partial charge in [-0.1, -0.05) is 38.7 Å². The molecule has 0 aromatic heterocycles. The first-order chi connectivity index (χ1) is 10.8. The van der Waals surface area contributed by atoms with Crippen molar-refractivity contribution < 1.29 is 14.3 Å². The van der Waals surface area contributed by atoms with E-state index in [1.54, 1.807) is 0 Å². The van der Waals surface area contributed by atoms with Crippen LogP contribution >= 0.6 is 0 Å². The number of esters is 1. The minimum absolute atomic E-state index is 0.332. The van der Waals surface area contributed by atoms with Crippen molar-refractivity contribution in [1.29, 1.82) is 0 Å². The monoisotopic (exact) mass is 308 g/mol. The van der Waals surface area contributed by atoms with Crippen molar-refractivity contribution >= 4 is 5.97 Å². The van der Waals surface area contributed by atoms with Crippen molar-refractivity contribution in [2.24, 2.45) is 11.8 Å². The molecule has 0 heterocycles. The fourth-order valence-corrected chi connectivity index (χ4v) is 4.02. The van der Waals surface area contributed by atoms with Crippen LogP contribution in [0.2, 0.25) is 0 Å². The molecule has 2 aliphatic carbocycles. The lowest BCUT2D eigenvalue weighted by Gasteiger charge is -2.35. The summed E-state index contributed by atoms with van der Waals surface area (Å²) < 4.78 is 10.9. The Morgan fingerprint density at radius 1 is 0.909 bits per heavy atom. The first-order valence-electron chi connectivity index (χ1n) is 9.20. The lowest BCUT2D eigenvalue weighted by atomic mass is 9.73. The van der Waals surface area contributed by atoms with Crippen molar-refractivity contribution in [2.75, 3.05) is 13.2 Å². The fraction of sp³-hybridized carbons (Fsp3) is 0.842. The summed E-state index contributed by atoms with van der Waals surface area (Å²) in [5.74, 6) is 1.65. The van der Waals surface area contributed by atoms with Crippen molar-refractivity contribution in [2.45, 2.75) is 76.7 Å². The fourth-order valence-electron chi connectivity index (χ4n) is 4.02. The van der Waals surface area contributed by atoms with Crippen LogP contribution in [0.5, 0.6) is 0 Å². The number of carbonyl (C=O) groups excluding carboxylic acids is 1. The van der Waals surface area contributed by atoms with Gasteiger partial charge in [0.05, 0.1) is 12.7 Å². The molecule has 126 valence electrons. The normalized spacial score (nSPS) is 26.5. The van der Waals surface area contributed by atoms with Crippen LogP contribution in [0, 0.1) is 11.8 Å². The van der Waals surface area contributed by atoms with Gasteiger partial charge in [-0.05, 0) is 50.4 Å². The van der Waals surface area contributed by atoms with E-state index in [0.717, 1.165) is 31.3 Å². The van der Waals surface area contributed by atoms with Gasteiger partial charge in [-0.15, -0.1) is 0 Å². The Kier molecular flexibility index (Phi) is 8.00. The Balaban J connectivity index is 1.48. The molecule has 0 aromatic rings. The molecule has 3 heteroatoms. The maximum Gasteiger partial charge on any atom is 0.330 e. The zero-order valence-electron chi connectivity index (χ0n) is 13.9. The molecular formula is C19H32O3. The third-order valence-corrected chi connectivity index (χ3v) is 5.34. The molecule has 0 spiro atoms. The van der Waals surface area contributed by atoms with Gasteiger partial charge in [0.1, 0.15) is 0 Å². The Morgan fingerprint density at radius 2 is 1.55 bits per heavy atom. The molecule has 0 unspecified atom stereocenters. The molecule has 0 aromatic carbocycles. The van der Waals surface area contributed by atoms with Crippen molar-refractivity contribution in [3.63, 3.8) is 0 Å². The standard InChI is InChI=1S/C19H32O3/c1-2-19(20)22-15-7-6-14-21-18-12-10-17(11-13-18)16-8-4-3-5-9-16/h2,16-18H,1,3-15H2. The molecule has 0 atom stereocenters. The second-order valence-corrected chi connectivity index (χ2v) is 6.88. The van der Waals surface area contributed by atoms with Gasteiger partial charge in [0, 0.05) is 12.7 Å². The van der Waals surface area contributed by atoms with Gasteiger partial charge in [0.25, 0.3) is 0 Å². The van der Waals surface area contributed by atoms with Crippen LogP contribution in [-0.4, -0.2) is 25.3 Å². The average Bonchev–Trinajstić information content (AvgIpc) is 2.59. The molecule has 2 aliphatic rings. The molecule has 2 saturated carbocycles. The summed E-state index contributed by atoms with van der Waals surface area (Å²) in [4.78, 5) is 10.9. The Labute approximate surface area is 135 Å². The zero-order chi connectivity index (χ0) is 15.6. The van der Waals surface area contributed by atoms with E-state index in [1.165, 1.54) is 63.9 Å². The molecule has 2 rings (SSSR count). The highest BCUT2D eigenvalue weighted by Gasteiger charge is 2.28. The summed E-state index contributed by atoms with van der Waals surface area (Å²) in [5, 5.41) is 0. The quantitative estimate of drug-likeness (QED) is 0.372. The average molecular weight is 308 g/mol. The lowest BCUT2D eigenvalue weighted by Crippen LogP contribution is -2.27. The van der Waals surface area contributed by atoms with E-state index in [-0.39, 0.29) is 5.97 Å². The molecule has 2 fully saturated rings. The molecule has 0 amide bonds. The molecule has 3 nitrogen and oxygen atoms in total. The van der Waals surface area contributed by atoms with Gasteiger partial charge in [-0.2, -0.15) is 0 Å². The first-order valence-corrected chi connectivity index (χ1v) is 9.20. The highest BCUT2D eigenvalue weighted by Crippen LogP contribution is 2.38. The number of hydrogen-bond donors (Lipinski definition) is 0. The predicted octanol–water partition coefficient (Wildman–Crippen LogP) is 4.65. The Hall–Kier alpha value is -0.830. The van der Waals surface area contributed by atoms with Crippen molar-refractivity contribution in [3.05, 3.63) is 12.7 Å². The van der Waals surface area contributed by atoms with E-state index < -0.39 is 0 Å². The zero-order valence-corrected chi connectivity index (χ0v) is 13.9.